The molecule has 2 unspecified atom stereocenters. The first-order valence-corrected chi connectivity index (χ1v) is 9.08. The number of nitrogens with one attached hydrogen (secondary N) is 2. The summed E-state index contributed by atoms with van der Waals surface area (Å²) in [7, 11) is 0. The molecule has 0 aliphatic heterocycles. The Morgan fingerprint density at radius 3 is 3.04 bits per heavy atom. The quantitative estimate of drug-likeness (QED) is 0.437. The number of rotatable bonds is 8. The Bertz CT molecular complexity index is 549. The van der Waals surface area contributed by atoms with Gasteiger partial charge in [-0.05, 0) is 38.3 Å². The molecular weight excluding hydrogens is 302 g/mol. The SMILES string of the molecule is C=CCNC(=NCCc1ccco1)NC1CC(OCC)C12CCC2. The molecular formula is C19H29N3O2. The average Bonchev–Trinajstić information content (AvgIpc) is 3.02. The summed E-state index contributed by atoms with van der Waals surface area (Å²) < 4.78 is 11.3. The van der Waals surface area contributed by atoms with Gasteiger partial charge >= 0.3 is 0 Å². The van der Waals surface area contributed by atoms with E-state index in [9.17, 15) is 0 Å². The van der Waals surface area contributed by atoms with Crippen LogP contribution in [0.25, 0.3) is 0 Å². The molecule has 2 N–H and O–H groups in total. The highest BCUT2D eigenvalue weighted by atomic mass is 16.5. The minimum absolute atomic E-state index is 0.327. The van der Waals surface area contributed by atoms with Crippen molar-refractivity contribution in [3.8, 4) is 0 Å². The van der Waals surface area contributed by atoms with Gasteiger partial charge < -0.3 is 19.8 Å². The van der Waals surface area contributed by atoms with Gasteiger partial charge in [0, 0.05) is 37.6 Å². The molecule has 2 aliphatic carbocycles. The fraction of sp³-hybridized carbons (Fsp3) is 0.632. The van der Waals surface area contributed by atoms with Crippen LogP contribution in [0.3, 0.4) is 0 Å². The Balaban J connectivity index is 1.56. The lowest BCUT2D eigenvalue weighted by Gasteiger charge is -2.61. The van der Waals surface area contributed by atoms with Gasteiger partial charge in [0.25, 0.3) is 0 Å². The minimum atomic E-state index is 0.327. The molecule has 1 aromatic heterocycles. The van der Waals surface area contributed by atoms with Gasteiger partial charge in [-0.2, -0.15) is 0 Å². The maximum Gasteiger partial charge on any atom is 0.191 e. The first-order chi connectivity index (χ1) is 11.8. The highest BCUT2D eigenvalue weighted by Crippen LogP contribution is 2.57. The van der Waals surface area contributed by atoms with Crippen molar-refractivity contribution in [2.24, 2.45) is 10.4 Å². The Labute approximate surface area is 144 Å². The first kappa shape index (κ1) is 17.1. The van der Waals surface area contributed by atoms with Crippen molar-refractivity contribution >= 4 is 5.96 Å². The normalized spacial score (nSPS) is 25.0. The second kappa shape index (κ2) is 7.88. The van der Waals surface area contributed by atoms with Crippen LogP contribution >= 0.6 is 0 Å². The molecule has 0 saturated heterocycles. The molecule has 24 heavy (non-hydrogen) atoms. The number of ether oxygens (including phenoxy) is 1. The van der Waals surface area contributed by atoms with Crippen LogP contribution in [0.1, 0.15) is 38.4 Å². The molecule has 1 heterocycles. The van der Waals surface area contributed by atoms with Gasteiger partial charge in [-0.3, -0.25) is 4.99 Å². The lowest BCUT2D eigenvalue weighted by Crippen LogP contribution is -2.68. The molecule has 0 amide bonds. The van der Waals surface area contributed by atoms with E-state index in [2.05, 4.69) is 24.1 Å². The van der Waals surface area contributed by atoms with Crippen LogP contribution < -0.4 is 10.6 Å². The summed E-state index contributed by atoms with van der Waals surface area (Å²) in [5, 5.41) is 6.96. The van der Waals surface area contributed by atoms with Crippen LogP contribution in [0, 0.1) is 5.41 Å². The topological polar surface area (TPSA) is 58.8 Å². The van der Waals surface area contributed by atoms with Crippen molar-refractivity contribution in [3.63, 3.8) is 0 Å². The maximum atomic E-state index is 5.93. The number of furan rings is 1. The predicted octanol–water partition coefficient (Wildman–Crippen LogP) is 2.89. The third kappa shape index (κ3) is 3.51. The minimum Gasteiger partial charge on any atom is -0.469 e. The summed E-state index contributed by atoms with van der Waals surface area (Å²) in [6.45, 7) is 8.08. The summed E-state index contributed by atoms with van der Waals surface area (Å²) in [5.74, 6) is 1.84. The monoisotopic (exact) mass is 331 g/mol. The second-order valence-corrected chi connectivity index (χ2v) is 6.69. The van der Waals surface area contributed by atoms with Crippen LogP contribution in [0.15, 0.2) is 40.5 Å². The molecule has 2 fully saturated rings. The molecule has 2 aliphatic rings. The molecule has 1 aromatic rings. The molecule has 0 radical (unpaired) electrons. The van der Waals surface area contributed by atoms with Crippen LogP contribution in [-0.2, 0) is 11.2 Å². The molecule has 3 rings (SSSR count). The van der Waals surface area contributed by atoms with E-state index in [4.69, 9.17) is 14.1 Å². The molecule has 2 atom stereocenters. The van der Waals surface area contributed by atoms with Crippen LogP contribution in [0.2, 0.25) is 0 Å². The van der Waals surface area contributed by atoms with Crippen molar-refractivity contribution in [1.29, 1.82) is 0 Å². The highest BCUT2D eigenvalue weighted by Gasteiger charge is 2.59. The molecule has 0 bridgehead atoms. The van der Waals surface area contributed by atoms with Crippen molar-refractivity contribution in [2.75, 3.05) is 19.7 Å². The zero-order valence-corrected chi connectivity index (χ0v) is 14.6. The van der Waals surface area contributed by atoms with Gasteiger partial charge in [-0.15, -0.1) is 6.58 Å². The lowest BCUT2D eigenvalue weighted by molar-refractivity contribution is -0.168. The zero-order valence-electron chi connectivity index (χ0n) is 14.6. The maximum absolute atomic E-state index is 5.93. The Hall–Kier alpha value is -1.75. The second-order valence-electron chi connectivity index (χ2n) is 6.69. The first-order valence-electron chi connectivity index (χ1n) is 9.08. The predicted molar refractivity (Wildman–Crippen MR) is 96.2 cm³/mol. The molecule has 5 nitrogen and oxygen atoms in total. The van der Waals surface area contributed by atoms with E-state index >= 15 is 0 Å². The molecule has 132 valence electrons. The number of nitrogens with zero attached hydrogens (tertiary/aromatic N) is 1. The number of hydrogen-bond donors (Lipinski definition) is 2. The third-order valence-corrected chi connectivity index (χ3v) is 5.37. The van der Waals surface area contributed by atoms with E-state index in [1.165, 1.54) is 19.3 Å². The fourth-order valence-corrected chi connectivity index (χ4v) is 3.86. The van der Waals surface area contributed by atoms with Gasteiger partial charge in [0.15, 0.2) is 5.96 Å². The molecule has 5 heteroatoms. The van der Waals surface area contributed by atoms with Gasteiger partial charge in [-0.25, -0.2) is 0 Å². The van der Waals surface area contributed by atoms with E-state index in [1.54, 1.807) is 6.26 Å². The summed E-state index contributed by atoms with van der Waals surface area (Å²) in [4.78, 5) is 4.70. The fourth-order valence-electron chi connectivity index (χ4n) is 3.86. The summed E-state index contributed by atoms with van der Waals surface area (Å²) in [5.41, 5.74) is 0.327. The van der Waals surface area contributed by atoms with Gasteiger partial charge in [0.05, 0.1) is 12.4 Å². The Morgan fingerprint density at radius 1 is 1.54 bits per heavy atom. The molecule has 0 aromatic carbocycles. The summed E-state index contributed by atoms with van der Waals surface area (Å²) in [6, 6.07) is 4.36. The van der Waals surface area contributed by atoms with Gasteiger partial charge in [0.1, 0.15) is 5.76 Å². The van der Waals surface area contributed by atoms with E-state index in [-0.39, 0.29) is 0 Å². The van der Waals surface area contributed by atoms with Crippen LogP contribution in [-0.4, -0.2) is 37.8 Å². The highest BCUT2D eigenvalue weighted by molar-refractivity contribution is 5.80. The lowest BCUT2D eigenvalue weighted by atomic mass is 9.51. The molecule has 2 saturated carbocycles. The van der Waals surface area contributed by atoms with Crippen molar-refractivity contribution < 1.29 is 9.15 Å². The molecule has 1 spiro atoms. The average molecular weight is 331 g/mol. The number of hydrogen-bond acceptors (Lipinski definition) is 3. The van der Waals surface area contributed by atoms with E-state index in [1.807, 2.05) is 18.2 Å². The number of aliphatic imine (C=N–C) groups is 1. The van der Waals surface area contributed by atoms with Gasteiger partial charge in [-0.1, -0.05) is 12.5 Å². The largest absolute Gasteiger partial charge is 0.469 e. The van der Waals surface area contributed by atoms with Crippen molar-refractivity contribution in [2.45, 2.75) is 51.2 Å². The van der Waals surface area contributed by atoms with E-state index in [0.717, 1.165) is 31.2 Å². The standard InChI is InChI=1S/C19H29N3O2/c1-3-11-20-18(21-12-8-15-7-5-13-24-15)22-16-14-17(23-4-2)19(16)9-6-10-19/h3,5,7,13,16-17H,1,4,6,8-12,14H2,2H3,(H2,20,21,22). The van der Waals surface area contributed by atoms with Crippen LogP contribution in [0.4, 0.5) is 0 Å². The van der Waals surface area contributed by atoms with Crippen molar-refractivity contribution in [1.82, 2.24) is 10.6 Å². The number of guanidine groups is 1. The van der Waals surface area contributed by atoms with E-state index < -0.39 is 0 Å². The summed E-state index contributed by atoms with van der Waals surface area (Å²) >= 11 is 0. The Kier molecular flexibility index (Phi) is 5.61. The van der Waals surface area contributed by atoms with E-state index in [0.29, 0.717) is 30.7 Å². The third-order valence-electron chi connectivity index (χ3n) is 5.37. The van der Waals surface area contributed by atoms with Crippen molar-refractivity contribution in [3.05, 3.63) is 36.8 Å². The zero-order chi connectivity index (χ0) is 16.8. The summed E-state index contributed by atoms with van der Waals surface area (Å²) in [6.07, 6.45) is 9.69. The smallest absolute Gasteiger partial charge is 0.191 e. The van der Waals surface area contributed by atoms with Crippen LogP contribution in [0.5, 0.6) is 0 Å². The Morgan fingerprint density at radius 2 is 2.42 bits per heavy atom. The van der Waals surface area contributed by atoms with Gasteiger partial charge in [0.2, 0.25) is 0 Å².